The van der Waals surface area contributed by atoms with Gasteiger partial charge in [-0.25, -0.2) is 4.98 Å². The smallest absolute Gasteiger partial charge is 0.0960 e. The summed E-state index contributed by atoms with van der Waals surface area (Å²) in [4.78, 5) is 4.40. The van der Waals surface area contributed by atoms with E-state index in [1.807, 2.05) is 13.3 Å². The summed E-state index contributed by atoms with van der Waals surface area (Å²) in [6, 6.07) is 7.07. The molecule has 3 nitrogen and oxygen atoms in total. The average molecular weight is 201 g/mol. The van der Waals surface area contributed by atoms with E-state index >= 15 is 0 Å². The Balaban J connectivity index is 2.17. The molecule has 2 aromatic rings. The molecule has 1 aliphatic carbocycles. The molecule has 1 unspecified atom stereocenters. The first-order chi connectivity index (χ1) is 7.25. The van der Waals surface area contributed by atoms with E-state index < -0.39 is 0 Å². The molecule has 1 aliphatic rings. The molecule has 1 fully saturated rings. The van der Waals surface area contributed by atoms with Crippen molar-refractivity contribution < 1.29 is 0 Å². The van der Waals surface area contributed by atoms with Crippen LogP contribution in [0.15, 0.2) is 24.5 Å². The summed E-state index contributed by atoms with van der Waals surface area (Å²) in [5.41, 5.74) is 9.37. The summed E-state index contributed by atoms with van der Waals surface area (Å²) in [6.45, 7) is 2.01. The van der Waals surface area contributed by atoms with Gasteiger partial charge in [-0.15, -0.1) is 0 Å². The molecule has 0 bridgehead atoms. The van der Waals surface area contributed by atoms with Crippen LogP contribution in [0.3, 0.4) is 0 Å². The molecule has 3 heteroatoms. The molecule has 0 aliphatic heterocycles. The standard InChI is InChI=1S/C12H15N3/c1-8(13)9-2-5-11-12(6-9)15(7-14-11)10-3-4-10/h2,5-8,10H,3-4,13H2,1H3. The lowest BCUT2D eigenvalue weighted by Gasteiger charge is -2.06. The third kappa shape index (κ3) is 1.43. The van der Waals surface area contributed by atoms with Crippen LogP contribution in [0, 0.1) is 0 Å². The Labute approximate surface area is 88.9 Å². The maximum Gasteiger partial charge on any atom is 0.0960 e. The zero-order valence-corrected chi connectivity index (χ0v) is 8.85. The van der Waals surface area contributed by atoms with Crippen LogP contribution in [-0.4, -0.2) is 9.55 Å². The molecule has 1 atom stereocenters. The fourth-order valence-corrected chi connectivity index (χ4v) is 1.97. The van der Waals surface area contributed by atoms with Crippen LogP contribution in [0.5, 0.6) is 0 Å². The zero-order valence-electron chi connectivity index (χ0n) is 8.85. The predicted molar refractivity (Wildman–Crippen MR) is 60.6 cm³/mol. The summed E-state index contributed by atoms with van der Waals surface area (Å²) in [5, 5.41) is 0. The van der Waals surface area contributed by atoms with Gasteiger partial charge >= 0.3 is 0 Å². The van der Waals surface area contributed by atoms with Gasteiger partial charge in [0.25, 0.3) is 0 Å². The van der Waals surface area contributed by atoms with E-state index in [1.54, 1.807) is 0 Å². The molecule has 2 N–H and O–H groups in total. The van der Waals surface area contributed by atoms with Crippen LogP contribution in [0.2, 0.25) is 0 Å². The lowest BCUT2D eigenvalue weighted by molar-refractivity contribution is 0.763. The van der Waals surface area contributed by atoms with Gasteiger partial charge in [0.1, 0.15) is 0 Å². The van der Waals surface area contributed by atoms with E-state index in [4.69, 9.17) is 5.73 Å². The summed E-state index contributed by atoms with van der Waals surface area (Å²) >= 11 is 0. The van der Waals surface area contributed by atoms with Gasteiger partial charge in [0, 0.05) is 12.1 Å². The minimum absolute atomic E-state index is 0.0944. The van der Waals surface area contributed by atoms with Crippen LogP contribution in [-0.2, 0) is 0 Å². The van der Waals surface area contributed by atoms with Crippen molar-refractivity contribution in [3.63, 3.8) is 0 Å². The van der Waals surface area contributed by atoms with Gasteiger partial charge in [-0.05, 0) is 37.5 Å². The number of nitrogens with zero attached hydrogens (tertiary/aromatic N) is 2. The number of aromatic nitrogens is 2. The maximum atomic E-state index is 5.89. The molecule has 1 saturated carbocycles. The third-order valence-corrected chi connectivity index (χ3v) is 3.06. The molecule has 78 valence electrons. The Morgan fingerprint density at radius 3 is 2.93 bits per heavy atom. The maximum absolute atomic E-state index is 5.89. The monoisotopic (exact) mass is 201 g/mol. The van der Waals surface area contributed by atoms with Crippen molar-refractivity contribution in [2.24, 2.45) is 5.73 Å². The predicted octanol–water partition coefficient (Wildman–Crippen LogP) is 2.39. The van der Waals surface area contributed by atoms with E-state index in [-0.39, 0.29) is 6.04 Å². The summed E-state index contributed by atoms with van der Waals surface area (Å²) < 4.78 is 2.28. The van der Waals surface area contributed by atoms with Crippen LogP contribution in [0.25, 0.3) is 11.0 Å². The molecular formula is C12H15N3. The lowest BCUT2D eigenvalue weighted by atomic mass is 10.1. The Bertz CT molecular complexity index is 495. The van der Waals surface area contributed by atoms with E-state index in [2.05, 4.69) is 27.8 Å². The van der Waals surface area contributed by atoms with E-state index in [9.17, 15) is 0 Å². The van der Waals surface area contributed by atoms with Gasteiger partial charge < -0.3 is 10.3 Å². The number of fused-ring (bicyclic) bond motifs is 1. The first kappa shape index (κ1) is 8.92. The first-order valence-corrected chi connectivity index (χ1v) is 5.48. The van der Waals surface area contributed by atoms with Gasteiger partial charge in [0.05, 0.1) is 17.4 Å². The summed E-state index contributed by atoms with van der Waals surface area (Å²) in [6.07, 6.45) is 4.52. The van der Waals surface area contributed by atoms with Crippen LogP contribution >= 0.6 is 0 Å². The number of benzene rings is 1. The Morgan fingerprint density at radius 2 is 2.27 bits per heavy atom. The van der Waals surface area contributed by atoms with Crippen LogP contribution in [0.4, 0.5) is 0 Å². The SMILES string of the molecule is CC(N)c1ccc2ncn(C3CC3)c2c1. The van der Waals surface area contributed by atoms with E-state index in [0.29, 0.717) is 6.04 Å². The second-order valence-electron chi connectivity index (χ2n) is 4.42. The lowest BCUT2D eigenvalue weighted by Crippen LogP contribution is -2.04. The summed E-state index contributed by atoms with van der Waals surface area (Å²) in [7, 11) is 0. The molecule has 0 amide bonds. The van der Waals surface area contributed by atoms with Crippen LogP contribution in [0.1, 0.15) is 37.4 Å². The normalized spacial score (nSPS) is 18.3. The van der Waals surface area contributed by atoms with Crippen molar-refractivity contribution in [1.82, 2.24) is 9.55 Å². The second-order valence-corrected chi connectivity index (χ2v) is 4.42. The van der Waals surface area contributed by atoms with Crippen molar-refractivity contribution in [2.45, 2.75) is 31.8 Å². The third-order valence-electron chi connectivity index (χ3n) is 3.06. The Kier molecular flexibility index (Phi) is 1.83. The molecule has 1 aromatic heterocycles. The van der Waals surface area contributed by atoms with E-state index in [0.717, 1.165) is 5.52 Å². The van der Waals surface area contributed by atoms with Gasteiger partial charge in [-0.1, -0.05) is 6.07 Å². The largest absolute Gasteiger partial charge is 0.327 e. The number of hydrogen-bond donors (Lipinski definition) is 1. The van der Waals surface area contributed by atoms with Crippen molar-refractivity contribution in [3.05, 3.63) is 30.1 Å². The van der Waals surface area contributed by atoms with Crippen LogP contribution < -0.4 is 5.73 Å². The number of hydrogen-bond acceptors (Lipinski definition) is 2. The number of nitrogens with two attached hydrogens (primary N) is 1. The molecule has 1 aromatic carbocycles. The number of rotatable bonds is 2. The number of imidazole rings is 1. The second kappa shape index (κ2) is 3.07. The minimum Gasteiger partial charge on any atom is -0.327 e. The van der Waals surface area contributed by atoms with Gasteiger partial charge in [-0.2, -0.15) is 0 Å². The van der Waals surface area contributed by atoms with Crippen molar-refractivity contribution in [2.75, 3.05) is 0 Å². The molecule has 1 heterocycles. The zero-order chi connectivity index (χ0) is 10.4. The molecule has 0 radical (unpaired) electrons. The highest BCUT2D eigenvalue weighted by Gasteiger charge is 2.24. The van der Waals surface area contributed by atoms with Gasteiger partial charge in [0.2, 0.25) is 0 Å². The topological polar surface area (TPSA) is 43.8 Å². The molecule has 0 spiro atoms. The Morgan fingerprint density at radius 1 is 1.47 bits per heavy atom. The van der Waals surface area contributed by atoms with Crippen molar-refractivity contribution >= 4 is 11.0 Å². The van der Waals surface area contributed by atoms with Crippen molar-refractivity contribution in [3.8, 4) is 0 Å². The molecular weight excluding hydrogens is 186 g/mol. The average Bonchev–Trinajstić information content (AvgIpc) is 2.98. The minimum atomic E-state index is 0.0944. The summed E-state index contributed by atoms with van der Waals surface area (Å²) in [5.74, 6) is 0. The van der Waals surface area contributed by atoms with Gasteiger partial charge in [0.15, 0.2) is 0 Å². The van der Waals surface area contributed by atoms with Gasteiger partial charge in [-0.3, -0.25) is 0 Å². The quantitative estimate of drug-likeness (QED) is 0.810. The fraction of sp³-hybridized carbons (Fsp3) is 0.417. The highest BCUT2D eigenvalue weighted by atomic mass is 15.1. The molecule has 15 heavy (non-hydrogen) atoms. The highest BCUT2D eigenvalue weighted by molar-refractivity contribution is 5.76. The first-order valence-electron chi connectivity index (χ1n) is 5.48. The van der Waals surface area contributed by atoms with E-state index in [1.165, 1.54) is 23.9 Å². The fourth-order valence-electron chi connectivity index (χ4n) is 1.97. The molecule has 0 saturated heterocycles. The Hall–Kier alpha value is -1.35. The van der Waals surface area contributed by atoms with Crippen molar-refractivity contribution in [1.29, 1.82) is 0 Å². The molecule has 3 rings (SSSR count). The highest BCUT2D eigenvalue weighted by Crippen LogP contribution is 2.37.